The molecule has 0 spiro atoms. The van der Waals surface area contributed by atoms with E-state index in [1.807, 2.05) is 41.5 Å². The van der Waals surface area contributed by atoms with E-state index in [0.717, 1.165) is 0 Å². The van der Waals surface area contributed by atoms with Crippen LogP contribution in [0.25, 0.3) is 0 Å². The van der Waals surface area contributed by atoms with Crippen molar-refractivity contribution in [3.05, 3.63) is 0 Å². The van der Waals surface area contributed by atoms with Gasteiger partial charge in [-0.3, -0.25) is 9.36 Å². The first-order valence-corrected chi connectivity index (χ1v) is 7.89. The highest BCUT2D eigenvalue weighted by Crippen LogP contribution is 2.54. The van der Waals surface area contributed by atoms with Crippen LogP contribution in [0.3, 0.4) is 0 Å². The van der Waals surface area contributed by atoms with E-state index in [9.17, 15) is 9.36 Å². The Morgan fingerprint density at radius 3 is 2.00 bits per heavy atom. The van der Waals surface area contributed by atoms with Crippen molar-refractivity contribution < 1.29 is 19.0 Å². The van der Waals surface area contributed by atoms with Crippen LogP contribution in [-0.2, 0) is 13.9 Å². The van der Waals surface area contributed by atoms with E-state index in [0.29, 0.717) is 12.3 Å². The largest absolute Gasteiger partial charge is 0.481 e. The van der Waals surface area contributed by atoms with Crippen molar-refractivity contribution in [2.24, 2.45) is 5.41 Å². The molecule has 0 saturated heterocycles. The summed E-state index contributed by atoms with van der Waals surface area (Å²) in [6, 6.07) is 0. The van der Waals surface area contributed by atoms with Crippen molar-refractivity contribution >= 4 is 13.3 Å². The number of hydrogen-bond donors (Lipinski definition) is 1. The molecule has 0 radical (unpaired) electrons. The second-order valence-corrected chi connectivity index (χ2v) is 8.99. The van der Waals surface area contributed by atoms with Crippen molar-refractivity contribution in [1.29, 1.82) is 0 Å². The molecule has 0 bridgehead atoms. The standard InChI is InChI=1S/C12H25O4P/c1-7-17(15,16-11(2,3)4)9-12(5,6)8-10(13)14/h7-9H2,1-6H3,(H,13,14). The first kappa shape index (κ1) is 16.7. The molecule has 5 heteroatoms. The van der Waals surface area contributed by atoms with Gasteiger partial charge in [0.25, 0.3) is 0 Å². The minimum absolute atomic E-state index is 0.00446. The topological polar surface area (TPSA) is 63.6 Å². The van der Waals surface area contributed by atoms with E-state index >= 15 is 0 Å². The van der Waals surface area contributed by atoms with Gasteiger partial charge in [0.2, 0.25) is 7.37 Å². The van der Waals surface area contributed by atoms with Crippen LogP contribution in [0.4, 0.5) is 0 Å². The molecular formula is C12H25O4P. The fourth-order valence-electron chi connectivity index (χ4n) is 1.83. The summed E-state index contributed by atoms with van der Waals surface area (Å²) >= 11 is 0. The van der Waals surface area contributed by atoms with Crippen LogP contribution in [0.5, 0.6) is 0 Å². The van der Waals surface area contributed by atoms with Crippen molar-refractivity contribution in [2.45, 2.75) is 53.6 Å². The summed E-state index contributed by atoms with van der Waals surface area (Å²) in [7, 11) is -2.76. The lowest BCUT2D eigenvalue weighted by Crippen LogP contribution is -2.26. The van der Waals surface area contributed by atoms with Gasteiger partial charge in [0.05, 0.1) is 12.0 Å². The normalized spacial score (nSPS) is 16.6. The molecule has 0 saturated carbocycles. The quantitative estimate of drug-likeness (QED) is 0.744. The Morgan fingerprint density at radius 1 is 1.24 bits per heavy atom. The number of carboxylic acid groups (broad SMARTS) is 1. The Balaban J connectivity index is 4.80. The summed E-state index contributed by atoms with van der Waals surface area (Å²) in [5.74, 6) is -0.867. The Hall–Kier alpha value is -0.340. The molecule has 0 heterocycles. The van der Waals surface area contributed by atoms with Crippen molar-refractivity contribution in [1.82, 2.24) is 0 Å². The molecule has 4 nitrogen and oxygen atoms in total. The molecule has 0 aliphatic carbocycles. The van der Waals surface area contributed by atoms with Crippen LogP contribution in [0.2, 0.25) is 0 Å². The van der Waals surface area contributed by atoms with Crippen LogP contribution in [0, 0.1) is 5.41 Å². The summed E-state index contributed by atoms with van der Waals surface area (Å²) in [4.78, 5) is 10.7. The Labute approximate surface area is 104 Å². The van der Waals surface area contributed by atoms with E-state index in [1.54, 1.807) is 0 Å². The lowest BCUT2D eigenvalue weighted by atomic mass is 9.92. The molecule has 0 aromatic carbocycles. The van der Waals surface area contributed by atoms with Crippen molar-refractivity contribution in [3.8, 4) is 0 Å². The summed E-state index contributed by atoms with van der Waals surface area (Å²) in [6.45, 7) is 11.0. The van der Waals surface area contributed by atoms with E-state index < -0.39 is 24.4 Å². The van der Waals surface area contributed by atoms with Crippen molar-refractivity contribution in [3.63, 3.8) is 0 Å². The molecule has 1 unspecified atom stereocenters. The van der Waals surface area contributed by atoms with Gasteiger partial charge in [0.15, 0.2) is 0 Å². The predicted octanol–water partition coefficient (Wildman–Crippen LogP) is 3.60. The van der Waals surface area contributed by atoms with Gasteiger partial charge in [-0.1, -0.05) is 20.8 Å². The number of carbonyl (C=O) groups is 1. The van der Waals surface area contributed by atoms with E-state index in [2.05, 4.69) is 0 Å². The molecule has 0 aliphatic heterocycles. The average Bonchev–Trinajstić information content (AvgIpc) is 1.95. The number of rotatable bonds is 6. The van der Waals surface area contributed by atoms with Gasteiger partial charge in [0, 0.05) is 12.3 Å². The van der Waals surface area contributed by atoms with Crippen molar-refractivity contribution in [2.75, 3.05) is 12.3 Å². The van der Waals surface area contributed by atoms with Crippen LogP contribution in [0.15, 0.2) is 0 Å². The predicted molar refractivity (Wildman–Crippen MR) is 69.9 cm³/mol. The van der Waals surface area contributed by atoms with Gasteiger partial charge in [-0.25, -0.2) is 0 Å². The first-order valence-electron chi connectivity index (χ1n) is 5.90. The Morgan fingerprint density at radius 2 is 1.71 bits per heavy atom. The van der Waals surface area contributed by atoms with Gasteiger partial charge in [-0.2, -0.15) is 0 Å². The lowest BCUT2D eigenvalue weighted by Gasteiger charge is -2.32. The van der Waals surface area contributed by atoms with Gasteiger partial charge >= 0.3 is 5.97 Å². The van der Waals surface area contributed by atoms with Gasteiger partial charge in [-0.05, 0) is 26.2 Å². The fourth-order valence-corrected chi connectivity index (χ4v) is 4.66. The molecule has 0 amide bonds. The smallest absolute Gasteiger partial charge is 0.303 e. The molecule has 0 aromatic heterocycles. The summed E-state index contributed by atoms with van der Waals surface area (Å²) in [5.41, 5.74) is -0.979. The zero-order valence-electron chi connectivity index (χ0n) is 11.7. The van der Waals surface area contributed by atoms with Crippen LogP contribution >= 0.6 is 7.37 Å². The van der Waals surface area contributed by atoms with Gasteiger partial charge in [0.1, 0.15) is 0 Å². The minimum atomic E-state index is -2.76. The number of hydrogen-bond acceptors (Lipinski definition) is 3. The average molecular weight is 264 g/mol. The third-order valence-electron chi connectivity index (χ3n) is 2.22. The monoisotopic (exact) mass is 264 g/mol. The van der Waals surface area contributed by atoms with Crippen LogP contribution in [0.1, 0.15) is 48.0 Å². The minimum Gasteiger partial charge on any atom is -0.481 e. The molecular weight excluding hydrogens is 239 g/mol. The highest BCUT2D eigenvalue weighted by molar-refractivity contribution is 7.59. The Bertz CT molecular complexity index is 315. The van der Waals surface area contributed by atoms with Crippen LogP contribution < -0.4 is 0 Å². The summed E-state index contributed by atoms with van der Waals surface area (Å²) < 4.78 is 18.2. The molecule has 0 aromatic rings. The van der Waals surface area contributed by atoms with E-state index in [-0.39, 0.29) is 6.42 Å². The maximum atomic E-state index is 12.6. The summed E-state index contributed by atoms with van der Waals surface area (Å²) in [5, 5.41) is 8.82. The second kappa shape index (κ2) is 5.53. The first-order chi connectivity index (χ1) is 7.39. The highest BCUT2D eigenvalue weighted by Gasteiger charge is 2.35. The zero-order chi connectivity index (χ0) is 13.9. The highest BCUT2D eigenvalue weighted by atomic mass is 31.2. The zero-order valence-corrected chi connectivity index (χ0v) is 12.6. The maximum absolute atomic E-state index is 12.6. The van der Waals surface area contributed by atoms with Crippen LogP contribution in [-0.4, -0.2) is 29.0 Å². The molecule has 0 fully saturated rings. The second-order valence-electron chi connectivity index (χ2n) is 6.23. The lowest BCUT2D eigenvalue weighted by molar-refractivity contribution is -0.138. The molecule has 1 N–H and O–H groups in total. The maximum Gasteiger partial charge on any atom is 0.303 e. The third-order valence-corrected chi connectivity index (χ3v) is 5.40. The number of aliphatic carboxylic acids is 1. The SMILES string of the molecule is CCP(=O)(CC(C)(C)CC(=O)O)OC(C)(C)C. The molecule has 1 atom stereocenters. The van der Waals surface area contributed by atoms with E-state index in [4.69, 9.17) is 9.63 Å². The molecule has 17 heavy (non-hydrogen) atoms. The van der Waals surface area contributed by atoms with Gasteiger partial charge < -0.3 is 9.63 Å². The fraction of sp³-hybridized carbons (Fsp3) is 0.917. The van der Waals surface area contributed by atoms with E-state index in [1.165, 1.54) is 0 Å². The molecule has 0 aliphatic rings. The molecule has 0 rings (SSSR count). The molecule has 102 valence electrons. The van der Waals surface area contributed by atoms with Gasteiger partial charge in [-0.15, -0.1) is 0 Å². The third kappa shape index (κ3) is 7.56. The summed E-state index contributed by atoms with van der Waals surface area (Å²) in [6.07, 6.45) is 0.748. The Kier molecular flexibility index (Phi) is 5.42. The number of carboxylic acids is 1.